The first kappa shape index (κ1) is 14.4. The van der Waals surface area contributed by atoms with E-state index in [0.29, 0.717) is 18.0 Å². The molecule has 0 bridgehead atoms. The van der Waals surface area contributed by atoms with Crippen molar-refractivity contribution in [3.63, 3.8) is 0 Å². The highest BCUT2D eigenvalue weighted by molar-refractivity contribution is 6.31. The summed E-state index contributed by atoms with van der Waals surface area (Å²) in [6, 6.07) is 5.74. The number of carbonyl (C=O) groups excluding carboxylic acids is 1. The summed E-state index contributed by atoms with van der Waals surface area (Å²) >= 11 is 6.10. The number of hydrogen-bond acceptors (Lipinski definition) is 3. The van der Waals surface area contributed by atoms with Crippen LogP contribution in [0, 0.1) is 0 Å². The maximum atomic E-state index is 11.9. The minimum Gasteiger partial charge on any atom is -0.353 e. The van der Waals surface area contributed by atoms with Crippen LogP contribution in [0.25, 0.3) is 11.0 Å². The standard InChI is InChI=1S/C15H19ClN4O/c1-9(2)20-13-7-10(16)3-4-11(13)19-14(20)8-12-15(21)18-6-5-17-12/h3-4,7,9,12,17H,5-6,8H2,1-2H3,(H,18,21). The smallest absolute Gasteiger partial charge is 0.237 e. The number of hydrogen-bond donors (Lipinski definition) is 2. The fourth-order valence-electron chi connectivity index (χ4n) is 2.83. The average Bonchev–Trinajstić information content (AvgIpc) is 2.78. The second-order valence-electron chi connectivity index (χ2n) is 5.63. The van der Waals surface area contributed by atoms with Crippen molar-refractivity contribution in [3.8, 4) is 0 Å². The molecular formula is C15H19ClN4O. The number of amides is 1. The van der Waals surface area contributed by atoms with E-state index in [-0.39, 0.29) is 18.0 Å². The SMILES string of the molecule is CC(C)n1c(CC2NCCNC2=O)nc2ccc(Cl)cc21. The van der Waals surface area contributed by atoms with Crippen LogP contribution in [0.4, 0.5) is 0 Å². The molecule has 1 saturated heterocycles. The maximum absolute atomic E-state index is 11.9. The molecule has 1 aromatic heterocycles. The number of fused-ring (bicyclic) bond motifs is 1. The first-order valence-electron chi connectivity index (χ1n) is 7.23. The van der Waals surface area contributed by atoms with Crippen LogP contribution in [0.2, 0.25) is 5.02 Å². The largest absolute Gasteiger partial charge is 0.353 e. The highest BCUT2D eigenvalue weighted by Crippen LogP contribution is 2.25. The molecule has 0 saturated carbocycles. The van der Waals surface area contributed by atoms with E-state index < -0.39 is 0 Å². The first-order valence-corrected chi connectivity index (χ1v) is 7.61. The van der Waals surface area contributed by atoms with Crippen LogP contribution in [0.3, 0.4) is 0 Å². The molecule has 3 rings (SSSR count). The van der Waals surface area contributed by atoms with E-state index in [9.17, 15) is 4.79 Å². The second kappa shape index (κ2) is 5.66. The lowest BCUT2D eigenvalue weighted by Crippen LogP contribution is -2.54. The van der Waals surface area contributed by atoms with Gasteiger partial charge in [0.15, 0.2) is 0 Å². The quantitative estimate of drug-likeness (QED) is 0.910. The Balaban J connectivity index is 2.01. The monoisotopic (exact) mass is 306 g/mol. The molecule has 1 fully saturated rings. The second-order valence-corrected chi connectivity index (χ2v) is 6.06. The number of aromatic nitrogens is 2. The summed E-state index contributed by atoms with van der Waals surface area (Å²) in [7, 11) is 0. The Bertz CT molecular complexity index is 680. The van der Waals surface area contributed by atoms with Crippen molar-refractivity contribution < 1.29 is 4.79 Å². The maximum Gasteiger partial charge on any atom is 0.237 e. The molecule has 1 aliphatic heterocycles. The summed E-state index contributed by atoms with van der Waals surface area (Å²) < 4.78 is 2.16. The molecule has 1 unspecified atom stereocenters. The lowest BCUT2D eigenvalue weighted by Gasteiger charge is -2.24. The van der Waals surface area contributed by atoms with Gasteiger partial charge >= 0.3 is 0 Å². The van der Waals surface area contributed by atoms with Crippen LogP contribution in [-0.2, 0) is 11.2 Å². The molecule has 1 aromatic carbocycles. The lowest BCUT2D eigenvalue weighted by molar-refractivity contribution is -0.124. The number of halogens is 1. The van der Waals surface area contributed by atoms with Gasteiger partial charge in [0.25, 0.3) is 0 Å². The molecule has 1 amide bonds. The molecule has 112 valence electrons. The van der Waals surface area contributed by atoms with E-state index in [4.69, 9.17) is 11.6 Å². The van der Waals surface area contributed by atoms with E-state index in [0.717, 1.165) is 23.4 Å². The van der Waals surface area contributed by atoms with Crippen LogP contribution >= 0.6 is 11.6 Å². The first-order chi connectivity index (χ1) is 10.1. The average molecular weight is 307 g/mol. The molecule has 6 heteroatoms. The zero-order valence-corrected chi connectivity index (χ0v) is 12.9. The number of piperazine rings is 1. The molecule has 1 atom stereocenters. The van der Waals surface area contributed by atoms with Gasteiger partial charge in [0, 0.05) is 30.6 Å². The molecule has 0 radical (unpaired) electrons. The van der Waals surface area contributed by atoms with Gasteiger partial charge in [-0.05, 0) is 32.0 Å². The van der Waals surface area contributed by atoms with Crippen molar-refractivity contribution in [1.82, 2.24) is 20.2 Å². The van der Waals surface area contributed by atoms with Crippen molar-refractivity contribution in [1.29, 1.82) is 0 Å². The van der Waals surface area contributed by atoms with Gasteiger partial charge in [-0.3, -0.25) is 4.79 Å². The molecule has 1 aliphatic rings. The van der Waals surface area contributed by atoms with Gasteiger partial charge in [0.2, 0.25) is 5.91 Å². The predicted molar refractivity (Wildman–Crippen MR) is 83.6 cm³/mol. The molecule has 0 spiro atoms. The van der Waals surface area contributed by atoms with Gasteiger partial charge < -0.3 is 15.2 Å². The Labute approximate surface area is 128 Å². The lowest BCUT2D eigenvalue weighted by atomic mass is 10.1. The highest BCUT2D eigenvalue weighted by Gasteiger charge is 2.25. The van der Waals surface area contributed by atoms with Gasteiger partial charge in [-0.2, -0.15) is 0 Å². The number of benzene rings is 1. The van der Waals surface area contributed by atoms with E-state index in [1.807, 2.05) is 18.2 Å². The van der Waals surface area contributed by atoms with Crippen LogP contribution < -0.4 is 10.6 Å². The highest BCUT2D eigenvalue weighted by atomic mass is 35.5. The minimum atomic E-state index is -0.219. The van der Waals surface area contributed by atoms with Gasteiger partial charge in [-0.1, -0.05) is 11.6 Å². The fraction of sp³-hybridized carbons (Fsp3) is 0.467. The van der Waals surface area contributed by atoms with Crippen molar-refractivity contribution in [2.45, 2.75) is 32.4 Å². The zero-order chi connectivity index (χ0) is 15.0. The molecule has 2 heterocycles. The Morgan fingerprint density at radius 2 is 2.24 bits per heavy atom. The van der Waals surface area contributed by atoms with E-state index >= 15 is 0 Å². The Morgan fingerprint density at radius 1 is 1.43 bits per heavy atom. The molecular weight excluding hydrogens is 288 g/mol. The van der Waals surface area contributed by atoms with Crippen molar-refractivity contribution >= 4 is 28.5 Å². The third kappa shape index (κ3) is 2.76. The molecule has 0 aliphatic carbocycles. The van der Waals surface area contributed by atoms with Crippen molar-refractivity contribution in [2.24, 2.45) is 0 Å². The topological polar surface area (TPSA) is 59.0 Å². The van der Waals surface area contributed by atoms with Gasteiger partial charge in [-0.15, -0.1) is 0 Å². The van der Waals surface area contributed by atoms with E-state index in [2.05, 4.69) is 34.0 Å². The summed E-state index contributed by atoms with van der Waals surface area (Å²) in [6.07, 6.45) is 0.580. The van der Waals surface area contributed by atoms with Crippen LogP contribution in [0.1, 0.15) is 25.7 Å². The third-order valence-corrected chi connectivity index (χ3v) is 3.99. The summed E-state index contributed by atoms with van der Waals surface area (Å²) in [5.41, 5.74) is 1.93. The zero-order valence-electron chi connectivity index (χ0n) is 12.2. The number of nitrogens with one attached hydrogen (secondary N) is 2. The van der Waals surface area contributed by atoms with Crippen LogP contribution in [0.15, 0.2) is 18.2 Å². The fourth-order valence-corrected chi connectivity index (χ4v) is 3.00. The Morgan fingerprint density at radius 3 is 2.95 bits per heavy atom. The normalized spacial score (nSPS) is 19.2. The Kier molecular flexibility index (Phi) is 3.87. The summed E-state index contributed by atoms with van der Waals surface area (Å²) in [5, 5.41) is 6.83. The summed E-state index contributed by atoms with van der Waals surface area (Å²) in [4.78, 5) is 16.6. The van der Waals surface area contributed by atoms with E-state index in [1.165, 1.54) is 0 Å². The van der Waals surface area contributed by atoms with Crippen molar-refractivity contribution in [2.75, 3.05) is 13.1 Å². The molecule has 2 N–H and O–H groups in total. The minimum absolute atomic E-state index is 0.0432. The molecule has 21 heavy (non-hydrogen) atoms. The third-order valence-electron chi connectivity index (χ3n) is 3.76. The van der Waals surface area contributed by atoms with Crippen LogP contribution in [-0.4, -0.2) is 34.6 Å². The molecule has 5 nitrogen and oxygen atoms in total. The van der Waals surface area contributed by atoms with Crippen LogP contribution in [0.5, 0.6) is 0 Å². The molecule has 2 aromatic rings. The number of nitrogens with zero attached hydrogens (tertiary/aromatic N) is 2. The number of rotatable bonds is 3. The predicted octanol–water partition coefficient (Wildman–Crippen LogP) is 1.90. The summed E-state index contributed by atoms with van der Waals surface area (Å²) in [6.45, 7) is 5.70. The van der Waals surface area contributed by atoms with Gasteiger partial charge in [0.1, 0.15) is 5.82 Å². The van der Waals surface area contributed by atoms with Gasteiger partial charge in [0.05, 0.1) is 17.1 Å². The van der Waals surface area contributed by atoms with Crippen molar-refractivity contribution in [3.05, 3.63) is 29.0 Å². The van der Waals surface area contributed by atoms with E-state index in [1.54, 1.807) is 0 Å². The Hall–Kier alpha value is -1.59. The summed E-state index contributed by atoms with van der Waals surface area (Å²) in [5.74, 6) is 0.957. The van der Waals surface area contributed by atoms with Gasteiger partial charge in [-0.25, -0.2) is 4.98 Å². The number of carbonyl (C=O) groups is 1. The number of imidazole rings is 1.